The minimum Gasteiger partial charge on any atom is -0.465 e. The quantitative estimate of drug-likeness (QED) is 0.296. The molecule has 0 saturated carbocycles. The number of hydrogen-bond acceptors (Lipinski definition) is 4. The van der Waals surface area contributed by atoms with Crippen LogP contribution in [0.3, 0.4) is 0 Å². The molecule has 7 nitrogen and oxygen atoms in total. The minimum absolute atomic E-state index is 0. The van der Waals surface area contributed by atoms with Crippen LogP contribution in [0.2, 0.25) is 0 Å². The van der Waals surface area contributed by atoms with Crippen LogP contribution in [0.5, 0.6) is 0 Å². The van der Waals surface area contributed by atoms with Gasteiger partial charge >= 0.3 is 5.97 Å². The van der Waals surface area contributed by atoms with Crippen molar-refractivity contribution in [2.75, 3.05) is 34.3 Å². The number of esters is 1. The zero-order valence-corrected chi connectivity index (χ0v) is 16.8. The molecule has 8 heteroatoms. The van der Waals surface area contributed by atoms with Crippen molar-refractivity contribution in [1.29, 1.82) is 0 Å². The lowest BCUT2D eigenvalue weighted by molar-refractivity contribution is -0.127. The maximum atomic E-state index is 11.6. The van der Waals surface area contributed by atoms with Crippen LogP contribution in [0.25, 0.3) is 0 Å². The first-order chi connectivity index (χ1) is 11.0. The largest absolute Gasteiger partial charge is 0.465 e. The number of guanidine groups is 1. The molecule has 24 heavy (non-hydrogen) atoms. The van der Waals surface area contributed by atoms with E-state index in [9.17, 15) is 9.59 Å². The van der Waals surface area contributed by atoms with Crippen LogP contribution in [-0.4, -0.2) is 57.0 Å². The molecule has 1 aromatic carbocycles. The molecule has 0 atom stereocenters. The summed E-state index contributed by atoms with van der Waals surface area (Å²) in [5.41, 5.74) is 1.45. The average molecular weight is 448 g/mol. The van der Waals surface area contributed by atoms with Crippen molar-refractivity contribution in [3.63, 3.8) is 0 Å². The zero-order chi connectivity index (χ0) is 17.2. The van der Waals surface area contributed by atoms with Crippen molar-refractivity contribution in [2.24, 2.45) is 4.99 Å². The first-order valence-electron chi connectivity index (χ1n) is 7.37. The Hall–Kier alpha value is -1.84. The van der Waals surface area contributed by atoms with E-state index >= 15 is 0 Å². The van der Waals surface area contributed by atoms with Gasteiger partial charge in [-0.15, -0.1) is 24.0 Å². The number of nitrogens with zero attached hydrogens (tertiary/aromatic N) is 2. The van der Waals surface area contributed by atoms with Crippen LogP contribution in [0, 0.1) is 0 Å². The van der Waals surface area contributed by atoms with Crippen LogP contribution in [0.4, 0.5) is 0 Å². The highest BCUT2D eigenvalue weighted by Gasteiger charge is 2.06. The number of nitrogens with one attached hydrogen (secondary N) is 2. The Kier molecular flexibility index (Phi) is 10.8. The van der Waals surface area contributed by atoms with E-state index in [2.05, 4.69) is 20.4 Å². The third-order valence-electron chi connectivity index (χ3n) is 3.04. The van der Waals surface area contributed by atoms with Gasteiger partial charge in [-0.1, -0.05) is 12.1 Å². The number of hydrogen-bond donors (Lipinski definition) is 2. The number of carbonyl (C=O) groups excluding carboxylic acids is 2. The van der Waals surface area contributed by atoms with Gasteiger partial charge in [0, 0.05) is 20.6 Å². The Morgan fingerprint density at radius 1 is 1.17 bits per heavy atom. The Bertz CT molecular complexity index is 559. The standard InChI is InChI=1S/C16H24N4O3.HI/c1-5-17-16(19-11-14(21)20(2)3)18-10-12-6-8-13(9-7-12)15(22)23-4;/h6-9H,5,10-11H2,1-4H3,(H2,17,18,19);1H. The number of benzene rings is 1. The third kappa shape index (κ3) is 7.62. The summed E-state index contributed by atoms with van der Waals surface area (Å²) in [6, 6.07) is 7.05. The number of methoxy groups -OCH3 is 1. The maximum Gasteiger partial charge on any atom is 0.337 e. The fourth-order valence-electron chi connectivity index (χ4n) is 1.69. The molecule has 0 aromatic heterocycles. The molecule has 0 aliphatic heterocycles. The molecule has 0 unspecified atom stereocenters. The van der Waals surface area contributed by atoms with Crippen molar-refractivity contribution in [2.45, 2.75) is 13.5 Å². The highest BCUT2D eigenvalue weighted by molar-refractivity contribution is 14.0. The van der Waals surface area contributed by atoms with Crippen molar-refractivity contribution < 1.29 is 14.3 Å². The molecule has 1 aromatic rings. The minimum atomic E-state index is -0.364. The number of likely N-dealkylation sites (N-methyl/N-ethyl adjacent to an activating group) is 1. The maximum absolute atomic E-state index is 11.6. The molecule has 134 valence electrons. The second-order valence-electron chi connectivity index (χ2n) is 5.03. The second kappa shape index (κ2) is 11.7. The third-order valence-corrected chi connectivity index (χ3v) is 3.04. The normalized spacial score (nSPS) is 10.4. The smallest absolute Gasteiger partial charge is 0.337 e. The van der Waals surface area contributed by atoms with Crippen molar-refractivity contribution in [3.8, 4) is 0 Å². The Labute approximate surface area is 159 Å². The fourth-order valence-corrected chi connectivity index (χ4v) is 1.69. The van der Waals surface area contributed by atoms with Crippen LogP contribution >= 0.6 is 24.0 Å². The van der Waals surface area contributed by atoms with Gasteiger partial charge in [0.15, 0.2) is 5.96 Å². The highest BCUT2D eigenvalue weighted by atomic mass is 127. The number of carbonyl (C=O) groups is 2. The Balaban J connectivity index is 0.00000529. The summed E-state index contributed by atoms with van der Waals surface area (Å²) in [5, 5.41) is 6.06. The predicted octanol–water partition coefficient (Wildman–Crippen LogP) is 1.23. The lowest BCUT2D eigenvalue weighted by atomic mass is 10.1. The molecule has 0 fully saturated rings. The van der Waals surface area contributed by atoms with E-state index in [1.54, 1.807) is 26.2 Å². The molecule has 0 saturated heterocycles. The van der Waals surface area contributed by atoms with Crippen molar-refractivity contribution >= 4 is 41.8 Å². The summed E-state index contributed by atoms with van der Waals surface area (Å²) in [6.45, 7) is 3.27. The lowest BCUT2D eigenvalue weighted by Gasteiger charge is -2.14. The fraction of sp³-hybridized carbons (Fsp3) is 0.438. The molecule has 1 rings (SSSR count). The van der Waals surface area contributed by atoms with Crippen LogP contribution in [-0.2, 0) is 16.1 Å². The number of rotatable bonds is 6. The van der Waals surface area contributed by atoms with Gasteiger partial charge in [0.2, 0.25) is 5.91 Å². The van der Waals surface area contributed by atoms with Crippen LogP contribution in [0.1, 0.15) is 22.8 Å². The molecule has 0 radical (unpaired) electrons. The molecule has 0 aliphatic carbocycles. The molecule has 0 heterocycles. The van der Waals surface area contributed by atoms with Crippen molar-refractivity contribution in [1.82, 2.24) is 15.5 Å². The Morgan fingerprint density at radius 2 is 1.79 bits per heavy atom. The van der Waals surface area contributed by atoms with Crippen LogP contribution < -0.4 is 10.6 Å². The number of aliphatic imine (C=N–C) groups is 1. The highest BCUT2D eigenvalue weighted by Crippen LogP contribution is 2.06. The van der Waals surface area contributed by atoms with E-state index in [1.807, 2.05) is 19.1 Å². The molecular weight excluding hydrogens is 423 g/mol. The lowest BCUT2D eigenvalue weighted by Crippen LogP contribution is -2.42. The van der Waals surface area contributed by atoms with E-state index in [1.165, 1.54) is 12.0 Å². The summed E-state index contributed by atoms with van der Waals surface area (Å²) in [5.74, 6) is 0.176. The predicted molar refractivity (Wildman–Crippen MR) is 105 cm³/mol. The second-order valence-corrected chi connectivity index (χ2v) is 5.03. The first-order valence-corrected chi connectivity index (χ1v) is 7.37. The van der Waals surface area contributed by atoms with Gasteiger partial charge in [0.1, 0.15) is 0 Å². The molecule has 0 aliphatic rings. The first kappa shape index (κ1) is 22.2. The summed E-state index contributed by atoms with van der Waals surface area (Å²) >= 11 is 0. The Morgan fingerprint density at radius 3 is 2.29 bits per heavy atom. The van der Waals surface area contributed by atoms with Crippen LogP contribution in [0.15, 0.2) is 29.3 Å². The van der Waals surface area contributed by atoms with Gasteiger partial charge in [-0.3, -0.25) is 4.79 Å². The SMILES string of the molecule is CCNC(=NCc1ccc(C(=O)OC)cc1)NCC(=O)N(C)C.I. The number of ether oxygens (including phenoxy) is 1. The van der Waals surface area contributed by atoms with Gasteiger partial charge in [-0.2, -0.15) is 0 Å². The van der Waals surface area contributed by atoms with Gasteiger partial charge < -0.3 is 20.3 Å². The number of halogens is 1. The summed E-state index contributed by atoms with van der Waals surface area (Å²) in [7, 11) is 4.76. The van der Waals surface area contributed by atoms with E-state index in [4.69, 9.17) is 0 Å². The zero-order valence-electron chi connectivity index (χ0n) is 14.5. The van der Waals surface area contributed by atoms with E-state index in [0.717, 1.165) is 5.56 Å². The molecule has 0 bridgehead atoms. The van der Waals surface area contributed by atoms with E-state index in [-0.39, 0.29) is 42.4 Å². The topological polar surface area (TPSA) is 83.0 Å². The molecule has 0 spiro atoms. The van der Waals surface area contributed by atoms with Crippen molar-refractivity contribution in [3.05, 3.63) is 35.4 Å². The van der Waals surface area contributed by atoms with Gasteiger partial charge in [-0.25, -0.2) is 9.79 Å². The van der Waals surface area contributed by atoms with Gasteiger partial charge in [-0.05, 0) is 24.6 Å². The summed E-state index contributed by atoms with van der Waals surface area (Å²) < 4.78 is 4.66. The molecular formula is C16H25IN4O3. The average Bonchev–Trinajstić information content (AvgIpc) is 2.56. The van der Waals surface area contributed by atoms with E-state index < -0.39 is 0 Å². The molecule has 2 N–H and O–H groups in total. The van der Waals surface area contributed by atoms with Gasteiger partial charge in [0.25, 0.3) is 0 Å². The summed E-state index contributed by atoms with van der Waals surface area (Å²) in [4.78, 5) is 28.9. The number of amides is 1. The molecule has 1 amide bonds. The summed E-state index contributed by atoms with van der Waals surface area (Å²) in [6.07, 6.45) is 0. The van der Waals surface area contributed by atoms with E-state index in [0.29, 0.717) is 24.6 Å². The monoisotopic (exact) mass is 448 g/mol. The van der Waals surface area contributed by atoms with Gasteiger partial charge in [0.05, 0.1) is 25.8 Å².